The van der Waals surface area contributed by atoms with E-state index in [0.717, 1.165) is 13.0 Å². The molecule has 1 aromatic rings. The fourth-order valence-electron chi connectivity index (χ4n) is 3.30. The summed E-state index contributed by atoms with van der Waals surface area (Å²) in [4.78, 5) is 0. The Balaban J connectivity index is 1.83. The monoisotopic (exact) mass is 264 g/mol. The van der Waals surface area contributed by atoms with Gasteiger partial charge in [0.25, 0.3) is 0 Å². The Labute approximate surface area is 114 Å². The van der Waals surface area contributed by atoms with Crippen molar-refractivity contribution in [3.8, 4) is 0 Å². The number of rotatable bonds is 2. The molecule has 1 heterocycles. The van der Waals surface area contributed by atoms with E-state index in [4.69, 9.17) is 16.3 Å². The number of hydrogen-bond acceptors (Lipinski definition) is 1. The molecule has 1 saturated heterocycles. The molecule has 98 valence electrons. The van der Waals surface area contributed by atoms with Gasteiger partial charge in [-0.05, 0) is 55.7 Å². The standard InChI is InChI=1S/C16H21ClO/c1-11-15(8-9-18-11)16(17)14-7-6-12-4-2-3-5-13(12)10-14/h6-7,10-11,15-16H,2-5,8-9H2,1H3. The number of halogens is 1. The SMILES string of the molecule is CC1OCCC1C(Cl)c1ccc2c(c1)CCCC2. The second-order valence-corrected chi connectivity index (χ2v) is 6.14. The minimum absolute atomic E-state index is 0.106. The van der Waals surface area contributed by atoms with Crippen molar-refractivity contribution in [3.05, 3.63) is 34.9 Å². The number of fused-ring (bicyclic) bond motifs is 1. The van der Waals surface area contributed by atoms with Crippen molar-refractivity contribution in [1.29, 1.82) is 0 Å². The molecule has 1 aliphatic heterocycles. The van der Waals surface area contributed by atoms with Gasteiger partial charge in [-0.15, -0.1) is 11.6 Å². The minimum atomic E-state index is 0.106. The molecule has 1 aliphatic carbocycles. The van der Waals surface area contributed by atoms with E-state index < -0.39 is 0 Å². The Bertz CT molecular complexity index is 429. The van der Waals surface area contributed by atoms with Crippen molar-refractivity contribution >= 4 is 11.6 Å². The van der Waals surface area contributed by atoms with Gasteiger partial charge in [-0.25, -0.2) is 0 Å². The molecule has 0 saturated carbocycles. The molecular weight excluding hydrogens is 244 g/mol. The van der Waals surface area contributed by atoms with E-state index in [1.807, 2.05) is 0 Å². The van der Waals surface area contributed by atoms with Gasteiger partial charge in [0.15, 0.2) is 0 Å². The van der Waals surface area contributed by atoms with Crippen LogP contribution in [0.2, 0.25) is 0 Å². The van der Waals surface area contributed by atoms with Crippen LogP contribution in [-0.4, -0.2) is 12.7 Å². The molecule has 18 heavy (non-hydrogen) atoms. The van der Waals surface area contributed by atoms with Crippen LogP contribution in [-0.2, 0) is 17.6 Å². The van der Waals surface area contributed by atoms with Crippen molar-refractivity contribution in [2.45, 2.75) is 50.5 Å². The van der Waals surface area contributed by atoms with Gasteiger partial charge in [0, 0.05) is 12.5 Å². The predicted molar refractivity (Wildman–Crippen MR) is 75.2 cm³/mol. The lowest BCUT2D eigenvalue weighted by Gasteiger charge is -2.23. The molecule has 0 amide bonds. The van der Waals surface area contributed by atoms with Gasteiger partial charge >= 0.3 is 0 Å². The van der Waals surface area contributed by atoms with E-state index >= 15 is 0 Å². The highest BCUT2D eigenvalue weighted by Gasteiger charge is 2.31. The lowest BCUT2D eigenvalue weighted by atomic mass is 9.87. The lowest BCUT2D eigenvalue weighted by Crippen LogP contribution is -2.17. The van der Waals surface area contributed by atoms with Gasteiger partial charge in [0.1, 0.15) is 0 Å². The minimum Gasteiger partial charge on any atom is -0.378 e. The van der Waals surface area contributed by atoms with Crippen LogP contribution in [0.25, 0.3) is 0 Å². The third-order valence-corrected chi connectivity index (χ3v) is 5.08. The molecule has 1 fully saturated rings. The second-order valence-electron chi connectivity index (χ2n) is 5.67. The molecule has 3 rings (SSSR count). The van der Waals surface area contributed by atoms with Gasteiger partial charge in [0.2, 0.25) is 0 Å². The van der Waals surface area contributed by atoms with E-state index in [9.17, 15) is 0 Å². The fourth-order valence-corrected chi connectivity index (χ4v) is 3.77. The van der Waals surface area contributed by atoms with Crippen molar-refractivity contribution in [3.63, 3.8) is 0 Å². The summed E-state index contributed by atoms with van der Waals surface area (Å²) in [5, 5.41) is 0.106. The van der Waals surface area contributed by atoms with E-state index in [2.05, 4.69) is 25.1 Å². The summed E-state index contributed by atoms with van der Waals surface area (Å²) >= 11 is 6.67. The lowest BCUT2D eigenvalue weighted by molar-refractivity contribution is 0.105. The molecule has 3 unspecified atom stereocenters. The summed E-state index contributed by atoms with van der Waals surface area (Å²) in [6, 6.07) is 6.86. The number of ether oxygens (including phenoxy) is 1. The fraction of sp³-hybridized carbons (Fsp3) is 0.625. The van der Waals surface area contributed by atoms with Crippen LogP contribution in [0.1, 0.15) is 48.3 Å². The van der Waals surface area contributed by atoms with Gasteiger partial charge in [-0.2, -0.15) is 0 Å². The summed E-state index contributed by atoms with van der Waals surface area (Å²) in [5.74, 6) is 0.466. The van der Waals surface area contributed by atoms with Crippen LogP contribution in [0.15, 0.2) is 18.2 Å². The Hall–Kier alpha value is -0.530. The zero-order chi connectivity index (χ0) is 12.5. The maximum absolute atomic E-state index is 6.67. The molecule has 0 N–H and O–H groups in total. The molecular formula is C16H21ClO. The Kier molecular flexibility index (Phi) is 3.63. The van der Waals surface area contributed by atoms with Crippen LogP contribution in [0.3, 0.4) is 0 Å². The van der Waals surface area contributed by atoms with Crippen molar-refractivity contribution in [1.82, 2.24) is 0 Å². The first-order valence-corrected chi connectivity index (χ1v) is 7.57. The number of aryl methyl sites for hydroxylation is 2. The number of benzene rings is 1. The molecule has 0 radical (unpaired) electrons. The van der Waals surface area contributed by atoms with Crippen molar-refractivity contribution in [2.75, 3.05) is 6.61 Å². The number of hydrogen-bond donors (Lipinski definition) is 0. The first-order valence-electron chi connectivity index (χ1n) is 7.13. The summed E-state index contributed by atoms with van der Waals surface area (Å²) < 4.78 is 5.64. The van der Waals surface area contributed by atoms with Gasteiger partial charge < -0.3 is 4.74 Å². The largest absolute Gasteiger partial charge is 0.378 e. The molecule has 0 aromatic heterocycles. The Morgan fingerprint density at radius 2 is 2.00 bits per heavy atom. The van der Waals surface area contributed by atoms with Crippen molar-refractivity contribution in [2.24, 2.45) is 5.92 Å². The maximum atomic E-state index is 6.67. The molecule has 2 aliphatic rings. The number of alkyl halides is 1. The quantitative estimate of drug-likeness (QED) is 0.725. The van der Waals surface area contributed by atoms with Crippen LogP contribution in [0.5, 0.6) is 0 Å². The topological polar surface area (TPSA) is 9.23 Å². The molecule has 1 nitrogen and oxygen atoms in total. The average Bonchev–Trinajstić information content (AvgIpc) is 2.83. The average molecular weight is 265 g/mol. The summed E-state index contributed by atoms with van der Waals surface area (Å²) in [5.41, 5.74) is 4.35. The van der Waals surface area contributed by atoms with Gasteiger partial charge in [-0.3, -0.25) is 0 Å². The van der Waals surface area contributed by atoms with Crippen molar-refractivity contribution < 1.29 is 4.74 Å². The predicted octanol–water partition coefficient (Wildman–Crippen LogP) is 4.27. The highest BCUT2D eigenvalue weighted by atomic mass is 35.5. The van der Waals surface area contributed by atoms with E-state index in [0.29, 0.717) is 12.0 Å². The Morgan fingerprint density at radius 1 is 1.22 bits per heavy atom. The summed E-state index contributed by atoms with van der Waals surface area (Å²) in [7, 11) is 0. The van der Waals surface area contributed by atoms with Gasteiger partial charge in [0.05, 0.1) is 11.5 Å². The van der Waals surface area contributed by atoms with Gasteiger partial charge in [-0.1, -0.05) is 18.2 Å². The molecule has 3 atom stereocenters. The third-order valence-electron chi connectivity index (χ3n) is 4.50. The second kappa shape index (κ2) is 5.22. The Morgan fingerprint density at radius 3 is 2.72 bits per heavy atom. The van der Waals surface area contributed by atoms with Crippen LogP contribution >= 0.6 is 11.6 Å². The van der Waals surface area contributed by atoms with E-state index in [1.165, 1.54) is 42.4 Å². The smallest absolute Gasteiger partial charge is 0.0639 e. The molecule has 0 bridgehead atoms. The van der Waals surface area contributed by atoms with Crippen LogP contribution < -0.4 is 0 Å². The molecule has 1 aromatic carbocycles. The normalized spacial score (nSPS) is 29.0. The first kappa shape index (κ1) is 12.5. The van der Waals surface area contributed by atoms with E-state index in [1.54, 1.807) is 0 Å². The highest BCUT2D eigenvalue weighted by molar-refractivity contribution is 6.21. The highest BCUT2D eigenvalue weighted by Crippen LogP contribution is 2.39. The summed E-state index contributed by atoms with van der Waals surface area (Å²) in [6.45, 7) is 3.01. The maximum Gasteiger partial charge on any atom is 0.0639 e. The molecule has 2 heteroatoms. The first-order chi connectivity index (χ1) is 8.75. The van der Waals surface area contributed by atoms with Crippen LogP contribution in [0, 0.1) is 5.92 Å². The third kappa shape index (κ3) is 2.31. The van der Waals surface area contributed by atoms with Crippen LogP contribution in [0.4, 0.5) is 0 Å². The van der Waals surface area contributed by atoms with E-state index in [-0.39, 0.29) is 5.38 Å². The zero-order valence-electron chi connectivity index (χ0n) is 11.0. The zero-order valence-corrected chi connectivity index (χ0v) is 11.7. The summed E-state index contributed by atoms with van der Waals surface area (Å²) in [6.07, 6.45) is 6.52. The molecule has 0 spiro atoms.